The van der Waals surface area contributed by atoms with Crippen LogP contribution in [0, 0.1) is 0 Å². The minimum Gasteiger partial charge on any atom is -0.316 e. The topological polar surface area (TPSA) is 12.0 Å². The summed E-state index contributed by atoms with van der Waals surface area (Å²) in [5, 5.41) is 4.38. The minimum absolute atomic E-state index is 0.709. The summed E-state index contributed by atoms with van der Waals surface area (Å²) in [7, 11) is 0. The quantitative estimate of drug-likeness (QED) is 0.791. The molecule has 0 spiro atoms. The number of nitrogens with one attached hydrogen (secondary N) is 1. The van der Waals surface area contributed by atoms with Gasteiger partial charge in [0.05, 0.1) is 0 Å². The second-order valence-corrected chi connectivity index (χ2v) is 6.92. The van der Waals surface area contributed by atoms with Crippen molar-refractivity contribution in [2.24, 2.45) is 0 Å². The normalized spacial score (nSPS) is 20.2. The lowest BCUT2D eigenvalue weighted by Crippen LogP contribution is -2.24. The standard InChI is InChI=1S/C14H21NS2/c1-11(16-2)7-8-15-9-12-10-17-14-6-4-3-5-13(12)14/h3-6,11-12,15H,7-10H2,1-2H3. The predicted octanol–water partition coefficient (Wildman–Crippen LogP) is 3.61. The zero-order valence-corrected chi connectivity index (χ0v) is 12.2. The molecule has 0 aromatic heterocycles. The third kappa shape index (κ3) is 3.67. The first-order chi connectivity index (χ1) is 8.31. The Kier molecular flexibility index (Phi) is 5.26. The van der Waals surface area contributed by atoms with Gasteiger partial charge in [-0.15, -0.1) is 11.8 Å². The number of fused-ring (bicyclic) bond motifs is 1. The molecule has 0 bridgehead atoms. The first kappa shape index (κ1) is 13.3. The van der Waals surface area contributed by atoms with Crippen LogP contribution in [0.2, 0.25) is 0 Å². The Morgan fingerprint density at radius 2 is 2.29 bits per heavy atom. The summed E-state index contributed by atoms with van der Waals surface area (Å²) in [6.45, 7) is 4.57. The molecule has 1 nitrogen and oxygen atoms in total. The van der Waals surface area contributed by atoms with Gasteiger partial charge in [-0.2, -0.15) is 11.8 Å². The first-order valence-electron chi connectivity index (χ1n) is 6.26. The van der Waals surface area contributed by atoms with E-state index in [9.17, 15) is 0 Å². The summed E-state index contributed by atoms with van der Waals surface area (Å²) in [5.74, 6) is 1.95. The van der Waals surface area contributed by atoms with Crippen molar-refractivity contribution in [1.29, 1.82) is 0 Å². The molecular formula is C14H21NS2. The monoisotopic (exact) mass is 267 g/mol. The summed E-state index contributed by atoms with van der Waals surface area (Å²) in [6.07, 6.45) is 3.46. The zero-order chi connectivity index (χ0) is 12.1. The molecule has 1 aromatic carbocycles. The summed E-state index contributed by atoms with van der Waals surface area (Å²) in [4.78, 5) is 1.48. The molecule has 17 heavy (non-hydrogen) atoms. The van der Waals surface area contributed by atoms with E-state index in [1.807, 2.05) is 23.5 Å². The average Bonchev–Trinajstić information content (AvgIpc) is 2.78. The molecule has 0 aliphatic carbocycles. The van der Waals surface area contributed by atoms with Crippen LogP contribution in [0.25, 0.3) is 0 Å². The zero-order valence-electron chi connectivity index (χ0n) is 10.6. The smallest absolute Gasteiger partial charge is 0.0108 e. The van der Waals surface area contributed by atoms with Crippen molar-refractivity contribution in [2.45, 2.75) is 29.4 Å². The molecule has 0 saturated heterocycles. The van der Waals surface area contributed by atoms with Crippen molar-refractivity contribution in [3.8, 4) is 0 Å². The van der Waals surface area contributed by atoms with E-state index in [0.29, 0.717) is 5.92 Å². The fraction of sp³-hybridized carbons (Fsp3) is 0.571. The number of benzene rings is 1. The van der Waals surface area contributed by atoms with Gasteiger partial charge in [0.25, 0.3) is 0 Å². The SMILES string of the molecule is CSC(C)CCNCC1CSc2ccccc21. The highest BCUT2D eigenvalue weighted by molar-refractivity contribution is 7.99. The van der Waals surface area contributed by atoms with Gasteiger partial charge in [0.1, 0.15) is 0 Å². The van der Waals surface area contributed by atoms with E-state index >= 15 is 0 Å². The van der Waals surface area contributed by atoms with E-state index in [4.69, 9.17) is 0 Å². The Labute approximate surface area is 113 Å². The van der Waals surface area contributed by atoms with Gasteiger partial charge in [-0.1, -0.05) is 25.1 Å². The van der Waals surface area contributed by atoms with Gasteiger partial charge < -0.3 is 5.32 Å². The van der Waals surface area contributed by atoms with Gasteiger partial charge in [-0.05, 0) is 30.9 Å². The summed E-state index contributed by atoms with van der Waals surface area (Å²) in [5.41, 5.74) is 1.54. The van der Waals surface area contributed by atoms with Crippen molar-refractivity contribution in [3.05, 3.63) is 29.8 Å². The molecule has 3 heteroatoms. The van der Waals surface area contributed by atoms with Gasteiger partial charge >= 0.3 is 0 Å². The van der Waals surface area contributed by atoms with Crippen LogP contribution in [-0.2, 0) is 0 Å². The van der Waals surface area contributed by atoms with E-state index < -0.39 is 0 Å². The second-order valence-electron chi connectivity index (χ2n) is 4.58. The van der Waals surface area contributed by atoms with Crippen LogP contribution in [0.15, 0.2) is 29.2 Å². The van der Waals surface area contributed by atoms with Crippen LogP contribution in [0.4, 0.5) is 0 Å². The van der Waals surface area contributed by atoms with E-state index in [-0.39, 0.29) is 0 Å². The van der Waals surface area contributed by atoms with E-state index in [1.165, 1.54) is 17.1 Å². The van der Waals surface area contributed by atoms with E-state index in [1.54, 1.807) is 5.56 Å². The Bertz CT molecular complexity index is 354. The van der Waals surface area contributed by atoms with Gasteiger partial charge in [0.2, 0.25) is 0 Å². The minimum atomic E-state index is 0.709. The molecule has 0 fully saturated rings. The molecule has 1 heterocycles. The maximum atomic E-state index is 3.61. The Hall–Kier alpha value is -0.120. The van der Waals surface area contributed by atoms with Gasteiger partial charge in [0, 0.05) is 28.4 Å². The van der Waals surface area contributed by atoms with Crippen LogP contribution in [0.1, 0.15) is 24.8 Å². The summed E-state index contributed by atoms with van der Waals surface area (Å²) in [6, 6.07) is 8.83. The lowest BCUT2D eigenvalue weighted by molar-refractivity contribution is 0.600. The molecule has 1 aromatic rings. The second kappa shape index (κ2) is 6.72. The highest BCUT2D eigenvalue weighted by Crippen LogP contribution is 2.38. The molecule has 94 valence electrons. The van der Waals surface area contributed by atoms with Crippen molar-refractivity contribution in [3.63, 3.8) is 0 Å². The van der Waals surface area contributed by atoms with Crippen LogP contribution >= 0.6 is 23.5 Å². The van der Waals surface area contributed by atoms with E-state index in [2.05, 4.69) is 42.8 Å². The Morgan fingerprint density at radius 3 is 3.12 bits per heavy atom. The largest absolute Gasteiger partial charge is 0.316 e. The van der Waals surface area contributed by atoms with E-state index in [0.717, 1.165) is 18.3 Å². The molecule has 1 N–H and O–H groups in total. The maximum absolute atomic E-state index is 3.61. The molecule has 2 rings (SSSR count). The highest BCUT2D eigenvalue weighted by atomic mass is 32.2. The molecular weight excluding hydrogens is 246 g/mol. The molecule has 1 aliphatic rings. The van der Waals surface area contributed by atoms with Crippen LogP contribution in [0.3, 0.4) is 0 Å². The molecule has 1 aliphatic heterocycles. The van der Waals surface area contributed by atoms with Crippen LogP contribution in [-0.4, -0.2) is 30.3 Å². The van der Waals surface area contributed by atoms with Gasteiger partial charge in [0.15, 0.2) is 0 Å². The number of rotatable bonds is 6. The first-order valence-corrected chi connectivity index (χ1v) is 8.54. The third-order valence-electron chi connectivity index (χ3n) is 3.32. The fourth-order valence-corrected chi connectivity index (χ4v) is 3.71. The third-order valence-corrected chi connectivity index (χ3v) is 5.61. The van der Waals surface area contributed by atoms with Crippen molar-refractivity contribution in [2.75, 3.05) is 25.1 Å². The molecule has 2 atom stereocenters. The van der Waals surface area contributed by atoms with Crippen molar-refractivity contribution >= 4 is 23.5 Å². The summed E-state index contributed by atoms with van der Waals surface area (Å²) >= 11 is 3.95. The van der Waals surface area contributed by atoms with Crippen molar-refractivity contribution in [1.82, 2.24) is 5.32 Å². The molecule has 0 radical (unpaired) electrons. The predicted molar refractivity (Wildman–Crippen MR) is 80.4 cm³/mol. The highest BCUT2D eigenvalue weighted by Gasteiger charge is 2.21. The lowest BCUT2D eigenvalue weighted by Gasteiger charge is -2.13. The Balaban J connectivity index is 1.75. The van der Waals surface area contributed by atoms with Crippen LogP contribution in [0.5, 0.6) is 0 Å². The molecule has 0 saturated carbocycles. The maximum Gasteiger partial charge on any atom is 0.0108 e. The molecule has 2 unspecified atom stereocenters. The van der Waals surface area contributed by atoms with Gasteiger partial charge in [-0.3, -0.25) is 0 Å². The number of hydrogen-bond acceptors (Lipinski definition) is 3. The number of hydrogen-bond donors (Lipinski definition) is 1. The van der Waals surface area contributed by atoms with Crippen molar-refractivity contribution < 1.29 is 0 Å². The summed E-state index contributed by atoms with van der Waals surface area (Å²) < 4.78 is 0. The lowest BCUT2D eigenvalue weighted by atomic mass is 10.0. The average molecular weight is 267 g/mol. The van der Waals surface area contributed by atoms with Gasteiger partial charge in [-0.25, -0.2) is 0 Å². The molecule has 0 amide bonds. The Morgan fingerprint density at radius 1 is 1.47 bits per heavy atom. The number of thioether (sulfide) groups is 2. The van der Waals surface area contributed by atoms with Crippen LogP contribution < -0.4 is 5.32 Å². The fourth-order valence-electron chi connectivity index (χ4n) is 2.10.